The maximum absolute atomic E-state index is 6.92. The number of thiophene rings is 1. The molecule has 4 nitrogen and oxygen atoms in total. The van der Waals surface area contributed by atoms with Gasteiger partial charge in [0.1, 0.15) is 0 Å². The molecule has 0 amide bonds. The number of benzene rings is 9. The second-order valence-electron chi connectivity index (χ2n) is 22.8. The fourth-order valence-electron chi connectivity index (χ4n) is 12.6. The van der Waals surface area contributed by atoms with Gasteiger partial charge in [-0.2, -0.15) is 0 Å². The van der Waals surface area contributed by atoms with Crippen LogP contribution in [0.2, 0.25) is 0 Å². The molecule has 0 unspecified atom stereocenters. The lowest BCUT2D eigenvalue weighted by atomic mass is 9.43. The molecule has 0 radical (unpaired) electrons. The average Bonchev–Trinajstić information content (AvgIpc) is 3.76. The second-order valence-corrected chi connectivity index (χ2v) is 23.8. The van der Waals surface area contributed by atoms with E-state index in [1.165, 1.54) is 98.0 Å². The lowest BCUT2D eigenvalue weighted by Crippen LogP contribution is -2.61. The van der Waals surface area contributed by atoms with E-state index >= 15 is 0 Å². The van der Waals surface area contributed by atoms with Crippen molar-refractivity contribution in [2.45, 2.75) is 84.5 Å². The van der Waals surface area contributed by atoms with E-state index in [-0.39, 0.29) is 23.1 Å². The summed E-state index contributed by atoms with van der Waals surface area (Å²) in [4.78, 5) is 5.30. The third kappa shape index (κ3) is 6.23. The molecule has 0 fully saturated rings. The van der Waals surface area contributed by atoms with Gasteiger partial charge in [-0.25, -0.2) is 0 Å². The van der Waals surface area contributed by atoms with Crippen molar-refractivity contribution >= 4 is 88.5 Å². The Morgan fingerprint density at radius 3 is 1.93 bits per heavy atom. The van der Waals surface area contributed by atoms with Gasteiger partial charge < -0.3 is 19.2 Å². The van der Waals surface area contributed by atoms with Gasteiger partial charge in [0.25, 0.3) is 0 Å². The number of hydrogen-bond donors (Lipinski definition) is 0. The number of anilines is 5. The highest BCUT2D eigenvalue weighted by Gasteiger charge is 2.49. The number of nitrogens with zero attached hydrogens (tertiary/aromatic N) is 2. The van der Waals surface area contributed by atoms with E-state index in [2.05, 4.69) is 205 Å². The van der Waals surface area contributed by atoms with E-state index in [4.69, 9.17) is 9.47 Å². The van der Waals surface area contributed by atoms with Crippen LogP contribution in [0.15, 0.2) is 164 Å². The molecule has 1 aliphatic carbocycles. The molecule has 0 N–H and O–H groups in total. The lowest BCUT2D eigenvalue weighted by molar-refractivity contribution is 0.332. The minimum Gasteiger partial charge on any atom is -0.450 e. The molecule has 0 bridgehead atoms. The van der Waals surface area contributed by atoms with Crippen LogP contribution >= 0.6 is 11.3 Å². The van der Waals surface area contributed by atoms with Crippen LogP contribution in [0.1, 0.15) is 83.6 Å². The number of aryl methyl sites for hydroxylation is 1. The quantitative estimate of drug-likeness (QED) is 0.165. The maximum Gasteiger partial charge on any atom is 0.333 e. The van der Waals surface area contributed by atoms with Crippen molar-refractivity contribution in [3.63, 3.8) is 0 Å². The summed E-state index contributed by atoms with van der Waals surface area (Å²) in [6.07, 6.45) is 2.29. The molecule has 9 aromatic carbocycles. The van der Waals surface area contributed by atoms with Crippen molar-refractivity contribution in [3.8, 4) is 45.3 Å². The van der Waals surface area contributed by atoms with Crippen molar-refractivity contribution in [2.75, 3.05) is 9.71 Å². The van der Waals surface area contributed by atoms with Gasteiger partial charge in [-0.3, -0.25) is 0 Å². The fourth-order valence-corrected chi connectivity index (χ4v) is 13.7. The number of fused-ring (bicyclic) bond motifs is 13. The first-order valence-corrected chi connectivity index (χ1v) is 26.1. The number of rotatable bonds is 3. The molecular formula is C65H55BN2O2S. The summed E-state index contributed by atoms with van der Waals surface area (Å²) in [5, 5.41) is 5.07. The van der Waals surface area contributed by atoms with Crippen molar-refractivity contribution in [1.29, 1.82) is 0 Å². The summed E-state index contributed by atoms with van der Waals surface area (Å²) in [6.45, 7) is 18.8. The van der Waals surface area contributed by atoms with Crippen LogP contribution in [0.3, 0.4) is 0 Å². The molecule has 71 heavy (non-hydrogen) atoms. The third-order valence-electron chi connectivity index (χ3n) is 16.4. The summed E-state index contributed by atoms with van der Waals surface area (Å²) in [5.41, 5.74) is 18.7. The third-order valence-corrected chi connectivity index (χ3v) is 17.5. The Hall–Kier alpha value is -7.28. The van der Waals surface area contributed by atoms with Gasteiger partial charge in [0.2, 0.25) is 0 Å². The van der Waals surface area contributed by atoms with Gasteiger partial charge in [-0.05, 0) is 152 Å². The van der Waals surface area contributed by atoms with Crippen LogP contribution in [-0.4, -0.2) is 6.85 Å². The Bertz CT molecular complexity index is 3920. The number of ether oxygens (including phenoxy) is 2. The van der Waals surface area contributed by atoms with Crippen LogP contribution in [0, 0.1) is 6.92 Å². The van der Waals surface area contributed by atoms with E-state index in [1.807, 2.05) is 35.6 Å². The predicted octanol–water partition coefficient (Wildman–Crippen LogP) is 17.4. The van der Waals surface area contributed by atoms with Gasteiger partial charge in [0.05, 0.1) is 0 Å². The molecule has 0 spiro atoms. The van der Waals surface area contributed by atoms with Crippen LogP contribution < -0.4 is 30.1 Å². The first-order chi connectivity index (χ1) is 34.2. The van der Waals surface area contributed by atoms with E-state index in [1.54, 1.807) is 0 Å². The molecule has 0 saturated heterocycles. The molecular weight excluding hydrogens is 884 g/mol. The summed E-state index contributed by atoms with van der Waals surface area (Å²) in [7, 11) is 0. The molecule has 6 heteroatoms. The normalized spacial score (nSPS) is 15.9. The van der Waals surface area contributed by atoms with Gasteiger partial charge in [0.15, 0.2) is 23.0 Å². The zero-order chi connectivity index (χ0) is 48.3. The summed E-state index contributed by atoms with van der Waals surface area (Å²) < 4.78 is 16.4. The van der Waals surface area contributed by atoms with E-state index in [0.717, 1.165) is 46.9 Å². The fraction of sp³-hybridized carbons (Fsp3) is 0.200. The monoisotopic (exact) mass is 938 g/mol. The highest BCUT2D eigenvalue weighted by Crippen LogP contribution is 2.57. The zero-order valence-electron chi connectivity index (χ0n) is 41.7. The largest absolute Gasteiger partial charge is 0.450 e. The second kappa shape index (κ2) is 14.9. The summed E-state index contributed by atoms with van der Waals surface area (Å²) >= 11 is 1.89. The SMILES string of the molecule is Cc1cc2c(cc1N1c3cc4c(cc3B3c5c1cc1ccccc1c5-c1c(ccc5sc6ccccc6c15)N3c1ccc(C(C)(C)C)cc1-c1ccccc1)Oc1ccccc1O4)C(C)(C)CCC2(C)C. The Labute approximate surface area is 421 Å². The topological polar surface area (TPSA) is 24.9 Å². The minimum atomic E-state index is -0.270. The van der Waals surface area contributed by atoms with E-state index in [0.29, 0.717) is 5.75 Å². The molecule has 10 aromatic rings. The highest BCUT2D eigenvalue weighted by atomic mass is 32.1. The predicted molar refractivity (Wildman–Crippen MR) is 301 cm³/mol. The first kappa shape index (κ1) is 42.6. The highest BCUT2D eigenvalue weighted by molar-refractivity contribution is 7.26. The number of hydrogen-bond acceptors (Lipinski definition) is 5. The van der Waals surface area contributed by atoms with Crippen LogP contribution in [0.4, 0.5) is 28.4 Å². The first-order valence-electron chi connectivity index (χ1n) is 25.3. The van der Waals surface area contributed by atoms with E-state index in [9.17, 15) is 0 Å². The van der Waals surface area contributed by atoms with Crippen molar-refractivity contribution in [2.24, 2.45) is 0 Å². The molecule has 0 atom stereocenters. The smallest absolute Gasteiger partial charge is 0.333 e. The molecule has 1 aromatic heterocycles. The molecule has 4 aliphatic rings. The van der Waals surface area contributed by atoms with Gasteiger partial charge in [0, 0.05) is 65.8 Å². The van der Waals surface area contributed by atoms with Crippen molar-refractivity contribution < 1.29 is 9.47 Å². The van der Waals surface area contributed by atoms with Crippen LogP contribution in [0.5, 0.6) is 23.0 Å². The molecule has 0 saturated carbocycles. The van der Waals surface area contributed by atoms with Crippen LogP contribution in [0.25, 0.3) is 53.2 Å². The van der Waals surface area contributed by atoms with Gasteiger partial charge in [-0.15, -0.1) is 11.3 Å². The summed E-state index contributed by atoms with van der Waals surface area (Å²) in [5.74, 6) is 2.87. The number of para-hydroxylation sites is 2. The average molecular weight is 939 g/mol. The van der Waals surface area contributed by atoms with Gasteiger partial charge in [-0.1, -0.05) is 146 Å². The molecule has 3 aliphatic heterocycles. The Balaban J connectivity index is 1.16. The minimum absolute atomic E-state index is 0.00217. The zero-order valence-corrected chi connectivity index (χ0v) is 42.5. The Morgan fingerprint density at radius 1 is 0.535 bits per heavy atom. The Morgan fingerprint density at radius 2 is 1.18 bits per heavy atom. The van der Waals surface area contributed by atoms with Crippen molar-refractivity contribution in [1.82, 2.24) is 0 Å². The molecule has 14 rings (SSSR count). The lowest BCUT2D eigenvalue weighted by Gasteiger charge is -2.48. The van der Waals surface area contributed by atoms with Gasteiger partial charge >= 0.3 is 6.85 Å². The summed E-state index contributed by atoms with van der Waals surface area (Å²) in [6, 6.07) is 61.3. The maximum atomic E-state index is 6.92. The Kier molecular flexibility index (Phi) is 8.93. The van der Waals surface area contributed by atoms with Crippen LogP contribution in [-0.2, 0) is 16.2 Å². The van der Waals surface area contributed by atoms with E-state index < -0.39 is 0 Å². The molecule has 346 valence electrons. The standard InChI is InChI=1S/C65H55BN2O2S/c1-38-32-45-46(65(7,8)31-30-64(45,5)6)35-50(38)67-51-37-56-55(69-53-23-15-16-24-54(53)70-56)36-47(51)66-62-52(67)33-40-20-12-13-21-42(40)60(62)61-49(28-29-58-59(61)43-22-14-17-25-57(43)71-58)68(66)48-27-26-41(63(2,3)4)34-44(48)39-18-10-9-11-19-39/h9-29,32-37H,30-31H2,1-8H3. The molecule has 4 heterocycles. The van der Waals surface area contributed by atoms with Crippen molar-refractivity contribution in [3.05, 3.63) is 186 Å².